The Balaban J connectivity index is 1.90. The molecular weight excluding hydrogens is 452 g/mol. The number of thiophene rings is 1. The normalized spacial score (nSPS) is 12.0. The van der Waals surface area contributed by atoms with Crippen molar-refractivity contribution in [2.75, 3.05) is 9.44 Å². The molecule has 3 aromatic rings. The minimum absolute atomic E-state index is 0.0591. The molecule has 0 unspecified atom stereocenters. The zero-order chi connectivity index (χ0) is 21.2. The predicted octanol–water partition coefficient (Wildman–Crippen LogP) is 4.87. The van der Waals surface area contributed by atoms with Gasteiger partial charge in [0.25, 0.3) is 20.0 Å². The van der Waals surface area contributed by atoms with Crippen molar-refractivity contribution in [2.24, 2.45) is 0 Å². The minimum atomic E-state index is -3.91. The van der Waals surface area contributed by atoms with Crippen LogP contribution < -0.4 is 9.44 Å². The van der Waals surface area contributed by atoms with Gasteiger partial charge >= 0.3 is 0 Å². The largest absolute Gasteiger partial charge is 0.280 e. The molecule has 0 fully saturated rings. The van der Waals surface area contributed by atoms with Crippen LogP contribution in [0.15, 0.2) is 63.7 Å². The van der Waals surface area contributed by atoms with Gasteiger partial charge in [0.1, 0.15) is 4.21 Å². The maximum atomic E-state index is 12.7. The lowest BCUT2D eigenvalue weighted by atomic mass is 10.2. The molecule has 0 aliphatic carbocycles. The smallest absolute Gasteiger partial charge is 0.271 e. The van der Waals surface area contributed by atoms with E-state index in [0.717, 1.165) is 11.3 Å². The van der Waals surface area contributed by atoms with E-state index in [9.17, 15) is 16.8 Å². The van der Waals surface area contributed by atoms with Crippen LogP contribution in [0.3, 0.4) is 0 Å². The molecule has 0 atom stereocenters. The Hall–Kier alpha value is -2.07. The lowest BCUT2D eigenvalue weighted by Gasteiger charge is -2.13. The monoisotopic (exact) mass is 470 g/mol. The van der Waals surface area contributed by atoms with Gasteiger partial charge in [0, 0.05) is 15.6 Å². The van der Waals surface area contributed by atoms with E-state index >= 15 is 0 Å². The molecule has 0 amide bonds. The van der Waals surface area contributed by atoms with Crippen molar-refractivity contribution in [3.63, 3.8) is 0 Å². The minimum Gasteiger partial charge on any atom is -0.280 e. The molecule has 29 heavy (non-hydrogen) atoms. The van der Waals surface area contributed by atoms with Crippen molar-refractivity contribution in [1.82, 2.24) is 0 Å². The van der Waals surface area contributed by atoms with Gasteiger partial charge < -0.3 is 0 Å². The van der Waals surface area contributed by atoms with Crippen LogP contribution in [-0.4, -0.2) is 16.8 Å². The van der Waals surface area contributed by atoms with Gasteiger partial charge in [-0.25, -0.2) is 16.8 Å². The van der Waals surface area contributed by atoms with Crippen LogP contribution in [0.1, 0.15) is 17.4 Å². The third-order valence-corrected chi connectivity index (χ3v) is 8.83. The maximum Gasteiger partial charge on any atom is 0.271 e. The highest BCUT2D eigenvalue weighted by Crippen LogP contribution is 2.28. The van der Waals surface area contributed by atoms with Gasteiger partial charge in [-0.05, 0) is 67.4 Å². The summed E-state index contributed by atoms with van der Waals surface area (Å²) in [6.45, 7) is 3.65. The Morgan fingerprint density at radius 1 is 0.897 bits per heavy atom. The van der Waals surface area contributed by atoms with Gasteiger partial charge in [-0.3, -0.25) is 9.44 Å². The second-order valence-corrected chi connectivity index (χ2v) is 11.5. The fraction of sp³-hybridized carbons (Fsp3) is 0.158. The van der Waals surface area contributed by atoms with Gasteiger partial charge in [0.2, 0.25) is 0 Å². The van der Waals surface area contributed by atoms with E-state index in [1.54, 1.807) is 49.4 Å². The summed E-state index contributed by atoms with van der Waals surface area (Å²) in [5.74, 6) is 0. The number of anilines is 2. The third kappa shape index (κ3) is 5.11. The van der Waals surface area contributed by atoms with E-state index in [1.807, 2.05) is 6.92 Å². The fourth-order valence-corrected chi connectivity index (χ4v) is 6.13. The van der Waals surface area contributed by atoms with E-state index in [2.05, 4.69) is 9.44 Å². The average molecular weight is 471 g/mol. The molecule has 10 heteroatoms. The van der Waals surface area contributed by atoms with Gasteiger partial charge in [-0.15, -0.1) is 11.3 Å². The molecule has 154 valence electrons. The molecule has 0 spiro atoms. The van der Waals surface area contributed by atoms with E-state index in [0.29, 0.717) is 16.3 Å². The number of halogens is 1. The highest BCUT2D eigenvalue weighted by Gasteiger charge is 2.20. The molecule has 0 saturated heterocycles. The van der Waals surface area contributed by atoms with Crippen LogP contribution in [-0.2, 0) is 26.5 Å². The summed E-state index contributed by atoms with van der Waals surface area (Å²) in [6, 6.07) is 13.8. The number of rotatable bonds is 7. The van der Waals surface area contributed by atoms with Gasteiger partial charge in [-0.2, -0.15) is 0 Å². The first-order chi connectivity index (χ1) is 13.6. The van der Waals surface area contributed by atoms with Crippen molar-refractivity contribution in [1.29, 1.82) is 0 Å². The number of sulfonamides is 2. The Bertz CT molecular complexity index is 1230. The van der Waals surface area contributed by atoms with Crippen LogP contribution in [0.4, 0.5) is 11.4 Å². The quantitative estimate of drug-likeness (QED) is 0.515. The summed E-state index contributed by atoms with van der Waals surface area (Å²) in [6.07, 6.45) is 0.739. The Morgan fingerprint density at radius 2 is 1.59 bits per heavy atom. The molecule has 3 rings (SSSR count). The fourth-order valence-electron chi connectivity index (χ4n) is 2.50. The van der Waals surface area contributed by atoms with Crippen LogP contribution in [0, 0.1) is 6.92 Å². The molecular formula is C19H19ClN2O4S3. The van der Waals surface area contributed by atoms with Crippen LogP contribution in [0.25, 0.3) is 0 Å². The van der Waals surface area contributed by atoms with Crippen molar-refractivity contribution in [2.45, 2.75) is 29.4 Å². The topological polar surface area (TPSA) is 92.3 Å². The van der Waals surface area contributed by atoms with Crippen molar-refractivity contribution < 1.29 is 16.8 Å². The second kappa shape index (κ2) is 8.35. The first kappa shape index (κ1) is 21.6. The molecule has 2 aromatic carbocycles. The maximum absolute atomic E-state index is 12.7. The van der Waals surface area contributed by atoms with Crippen LogP contribution >= 0.6 is 22.9 Å². The van der Waals surface area contributed by atoms with Crippen molar-refractivity contribution >= 4 is 54.4 Å². The first-order valence-electron chi connectivity index (χ1n) is 8.61. The highest BCUT2D eigenvalue weighted by atomic mass is 35.5. The standard InChI is InChI=1S/C19H19ClN2O4S3/c1-3-16-9-11-19(27-16)29(25,26)22-18-12-17(10-4-13(18)2)28(23,24)21-15-7-5-14(20)6-8-15/h4-12,21-22H,3H2,1-2H3. The second-order valence-electron chi connectivity index (χ2n) is 6.27. The molecule has 0 saturated carbocycles. The van der Waals surface area contributed by atoms with Crippen molar-refractivity contribution in [3.05, 3.63) is 70.1 Å². The Labute approximate surface area is 179 Å². The van der Waals surface area contributed by atoms with Crippen LogP contribution in [0.2, 0.25) is 5.02 Å². The number of nitrogens with one attached hydrogen (secondary N) is 2. The summed E-state index contributed by atoms with van der Waals surface area (Å²) in [4.78, 5) is 0.891. The van der Waals surface area contributed by atoms with Crippen molar-refractivity contribution in [3.8, 4) is 0 Å². The molecule has 0 radical (unpaired) electrons. The van der Waals surface area contributed by atoms with Gasteiger partial charge in [0.15, 0.2) is 0 Å². The first-order valence-corrected chi connectivity index (χ1v) is 12.8. The SMILES string of the molecule is CCc1ccc(S(=O)(=O)Nc2cc(S(=O)(=O)Nc3ccc(Cl)cc3)ccc2C)s1. The number of hydrogen-bond donors (Lipinski definition) is 2. The summed E-state index contributed by atoms with van der Waals surface area (Å²) in [5, 5.41) is 0.486. The summed E-state index contributed by atoms with van der Waals surface area (Å²) < 4.78 is 55.9. The molecule has 2 N–H and O–H groups in total. The molecule has 0 bridgehead atoms. The van der Waals surface area contributed by atoms with Gasteiger partial charge in [-0.1, -0.05) is 24.6 Å². The van der Waals surface area contributed by atoms with E-state index in [1.165, 1.54) is 23.5 Å². The highest BCUT2D eigenvalue weighted by molar-refractivity contribution is 7.94. The molecule has 1 aromatic heterocycles. The number of hydrogen-bond acceptors (Lipinski definition) is 5. The van der Waals surface area contributed by atoms with E-state index in [-0.39, 0.29) is 14.8 Å². The zero-order valence-electron chi connectivity index (χ0n) is 15.6. The predicted molar refractivity (Wildman–Crippen MR) is 118 cm³/mol. The summed E-state index contributed by atoms with van der Waals surface area (Å²) >= 11 is 7.01. The molecule has 0 aliphatic rings. The molecule has 0 aliphatic heterocycles. The van der Waals surface area contributed by atoms with Crippen LogP contribution in [0.5, 0.6) is 0 Å². The van der Waals surface area contributed by atoms with Gasteiger partial charge in [0.05, 0.1) is 10.6 Å². The lowest BCUT2D eigenvalue weighted by Crippen LogP contribution is -2.15. The lowest BCUT2D eigenvalue weighted by molar-refractivity contribution is 0.599. The Kier molecular flexibility index (Phi) is 6.23. The summed E-state index contributed by atoms with van der Waals surface area (Å²) in [5.41, 5.74) is 1.16. The molecule has 1 heterocycles. The van der Waals surface area contributed by atoms with E-state index < -0.39 is 20.0 Å². The summed E-state index contributed by atoms with van der Waals surface area (Å²) in [7, 11) is -7.72. The zero-order valence-corrected chi connectivity index (χ0v) is 18.8. The number of aryl methyl sites for hydroxylation is 2. The number of benzene rings is 2. The average Bonchev–Trinajstić information content (AvgIpc) is 3.15. The van der Waals surface area contributed by atoms with E-state index in [4.69, 9.17) is 11.6 Å². The molecule has 6 nitrogen and oxygen atoms in total. The third-order valence-electron chi connectivity index (χ3n) is 4.11. The Morgan fingerprint density at radius 3 is 2.21 bits per heavy atom.